The van der Waals surface area contributed by atoms with Gasteiger partial charge in [-0.3, -0.25) is 24.5 Å². The molecule has 0 saturated heterocycles. The molecule has 5 nitrogen and oxygen atoms in total. The molecule has 0 fully saturated rings. The molecule has 0 saturated carbocycles. The Morgan fingerprint density at radius 3 is 2.16 bits per heavy atom. The van der Waals surface area contributed by atoms with Gasteiger partial charge in [0.2, 0.25) is 0 Å². The van der Waals surface area contributed by atoms with E-state index in [1.54, 1.807) is 36.7 Å². The van der Waals surface area contributed by atoms with E-state index in [0.717, 1.165) is 27.7 Å². The molecule has 4 aromatic rings. The number of nitrogens with zero attached hydrogens (tertiary/aromatic N) is 3. The van der Waals surface area contributed by atoms with Crippen LogP contribution in [-0.2, 0) is 0 Å². The molecule has 0 radical (unpaired) electrons. The number of carbonyl (C=O) groups is 2. The van der Waals surface area contributed by atoms with Crippen molar-refractivity contribution in [3.05, 3.63) is 95.9 Å². The van der Waals surface area contributed by atoms with E-state index in [1.807, 2.05) is 36.4 Å². The van der Waals surface area contributed by atoms with Crippen LogP contribution in [0.4, 0.5) is 0 Å². The molecule has 2 aromatic carbocycles. The SMILES string of the molecule is CC(C)CC(c1ccc2cc(-c3ccncc3)ccc2n1)N1C(=O)c2ccccc2C1=O. The Labute approximate surface area is 186 Å². The molecule has 1 aliphatic rings. The van der Waals surface area contributed by atoms with E-state index in [0.29, 0.717) is 17.5 Å². The van der Waals surface area contributed by atoms with Crippen molar-refractivity contribution in [3.63, 3.8) is 0 Å². The van der Waals surface area contributed by atoms with Gasteiger partial charge < -0.3 is 0 Å². The van der Waals surface area contributed by atoms with Crippen LogP contribution < -0.4 is 0 Å². The fourth-order valence-corrected chi connectivity index (χ4v) is 4.35. The molecular formula is C27H23N3O2. The van der Waals surface area contributed by atoms with Gasteiger partial charge in [0.25, 0.3) is 11.8 Å². The van der Waals surface area contributed by atoms with Gasteiger partial charge in [0.15, 0.2) is 0 Å². The number of pyridine rings is 2. The Hall–Kier alpha value is -3.86. The van der Waals surface area contributed by atoms with Gasteiger partial charge in [0.1, 0.15) is 0 Å². The van der Waals surface area contributed by atoms with Gasteiger partial charge in [-0.15, -0.1) is 0 Å². The number of benzene rings is 2. The fourth-order valence-electron chi connectivity index (χ4n) is 4.35. The Morgan fingerprint density at radius 2 is 1.50 bits per heavy atom. The summed E-state index contributed by atoms with van der Waals surface area (Å²) < 4.78 is 0. The Bertz CT molecular complexity index is 1300. The van der Waals surface area contributed by atoms with Crippen molar-refractivity contribution in [2.24, 2.45) is 5.92 Å². The number of imide groups is 1. The molecule has 1 aliphatic heterocycles. The Kier molecular flexibility index (Phi) is 5.02. The maximum Gasteiger partial charge on any atom is 0.262 e. The normalized spacial score (nSPS) is 14.3. The van der Waals surface area contributed by atoms with Gasteiger partial charge in [0.05, 0.1) is 28.4 Å². The first-order valence-corrected chi connectivity index (χ1v) is 10.8. The lowest BCUT2D eigenvalue weighted by atomic mass is 9.98. The summed E-state index contributed by atoms with van der Waals surface area (Å²) in [4.78, 5) is 36.6. The number of amides is 2. The zero-order valence-corrected chi connectivity index (χ0v) is 18.0. The van der Waals surface area contributed by atoms with Gasteiger partial charge in [-0.1, -0.05) is 38.1 Å². The van der Waals surface area contributed by atoms with Crippen molar-refractivity contribution >= 4 is 22.7 Å². The second-order valence-electron chi connectivity index (χ2n) is 8.55. The van der Waals surface area contributed by atoms with Crippen LogP contribution in [0.2, 0.25) is 0 Å². The highest BCUT2D eigenvalue weighted by molar-refractivity contribution is 6.21. The van der Waals surface area contributed by atoms with Crippen molar-refractivity contribution < 1.29 is 9.59 Å². The summed E-state index contributed by atoms with van der Waals surface area (Å²) in [5.74, 6) is -0.201. The van der Waals surface area contributed by atoms with Crippen molar-refractivity contribution in [2.75, 3.05) is 0 Å². The molecule has 32 heavy (non-hydrogen) atoms. The lowest BCUT2D eigenvalue weighted by molar-refractivity contribution is 0.0560. The number of fused-ring (bicyclic) bond motifs is 2. The molecule has 0 bridgehead atoms. The molecule has 5 rings (SSSR count). The first-order valence-electron chi connectivity index (χ1n) is 10.8. The van der Waals surface area contributed by atoms with E-state index in [4.69, 9.17) is 4.98 Å². The number of hydrogen-bond donors (Lipinski definition) is 0. The molecule has 0 aliphatic carbocycles. The molecule has 5 heteroatoms. The van der Waals surface area contributed by atoms with E-state index in [2.05, 4.69) is 24.9 Å². The van der Waals surface area contributed by atoms with Crippen LogP contribution in [0.25, 0.3) is 22.0 Å². The molecule has 0 spiro atoms. The summed E-state index contributed by atoms with van der Waals surface area (Å²) in [6.07, 6.45) is 4.21. The molecule has 2 amide bonds. The number of rotatable bonds is 5. The average Bonchev–Trinajstić information content (AvgIpc) is 3.07. The summed E-state index contributed by atoms with van der Waals surface area (Å²) in [5, 5.41) is 1.01. The number of aromatic nitrogens is 2. The molecule has 2 aromatic heterocycles. The summed E-state index contributed by atoms with van der Waals surface area (Å²) >= 11 is 0. The first kappa shape index (κ1) is 20.1. The molecule has 3 heterocycles. The predicted molar refractivity (Wildman–Crippen MR) is 124 cm³/mol. The quantitative estimate of drug-likeness (QED) is 0.389. The Morgan fingerprint density at radius 1 is 0.812 bits per heavy atom. The summed E-state index contributed by atoms with van der Waals surface area (Å²) in [6.45, 7) is 4.18. The molecule has 1 atom stereocenters. The lowest BCUT2D eigenvalue weighted by Gasteiger charge is -2.27. The lowest BCUT2D eigenvalue weighted by Crippen LogP contribution is -2.35. The van der Waals surface area contributed by atoms with Crippen LogP contribution >= 0.6 is 0 Å². The highest BCUT2D eigenvalue weighted by Gasteiger charge is 2.41. The minimum absolute atomic E-state index is 0.244. The standard InChI is InChI=1S/C27H23N3O2/c1-17(2)15-25(30-26(31)21-5-3-4-6-22(21)27(30)32)24-10-8-20-16-19(7-9-23(20)29-24)18-11-13-28-14-12-18/h3-14,16-17,25H,15H2,1-2H3. The van der Waals surface area contributed by atoms with Crippen molar-refractivity contribution in [1.82, 2.24) is 14.9 Å². The fraction of sp³-hybridized carbons (Fsp3) is 0.185. The zero-order chi connectivity index (χ0) is 22.2. The number of hydrogen-bond acceptors (Lipinski definition) is 4. The van der Waals surface area contributed by atoms with E-state index >= 15 is 0 Å². The van der Waals surface area contributed by atoms with Crippen molar-refractivity contribution in [2.45, 2.75) is 26.3 Å². The predicted octanol–water partition coefficient (Wildman–Crippen LogP) is 5.68. The van der Waals surface area contributed by atoms with Gasteiger partial charge in [-0.2, -0.15) is 0 Å². The average molecular weight is 422 g/mol. The third kappa shape index (κ3) is 3.46. The second kappa shape index (κ2) is 8.00. The summed E-state index contributed by atoms with van der Waals surface area (Å²) in [7, 11) is 0. The summed E-state index contributed by atoms with van der Waals surface area (Å²) in [5.41, 5.74) is 4.69. The minimum Gasteiger partial charge on any atom is -0.269 e. The second-order valence-corrected chi connectivity index (χ2v) is 8.55. The zero-order valence-electron chi connectivity index (χ0n) is 18.0. The molecular weight excluding hydrogens is 398 g/mol. The maximum absolute atomic E-state index is 13.1. The van der Waals surface area contributed by atoms with Crippen LogP contribution in [-0.4, -0.2) is 26.7 Å². The molecule has 158 valence electrons. The van der Waals surface area contributed by atoms with Gasteiger partial charge in [-0.05, 0) is 65.9 Å². The largest absolute Gasteiger partial charge is 0.269 e. The highest BCUT2D eigenvalue weighted by Crippen LogP contribution is 2.35. The van der Waals surface area contributed by atoms with Crippen LogP contribution in [0.15, 0.2) is 79.1 Å². The van der Waals surface area contributed by atoms with Gasteiger partial charge >= 0.3 is 0 Å². The monoisotopic (exact) mass is 421 g/mol. The van der Waals surface area contributed by atoms with Crippen LogP contribution in [0, 0.1) is 5.92 Å². The van der Waals surface area contributed by atoms with Crippen LogP contribution in [0.5, 0.6) is 0 Å². The number of carbonyl (C=O) groups excluding carboxylic acids is 2. The Balaban J connectivity index is 1.55. The van der Waals surface area contributed by atoms with Crippen LogP contribution in [0.3, 0.4) is 0 Å². The van der Waals surface area contributed by atoms with Gasteiger partial charge in [0, 0.05) is 17.8 Å². The van der Waals surface area contributed by atoms with E-state index < -0.39 is 6.04 Å². The maximum atomic E-state index is 13.1. The summed E-state index contributed by atoms with van der Waals surface area (Å²) in [6, 6.07) is 20.6. The molecule has 1 unspecified atom stereocenters. The third-order valence-corrected chi connectivity index (χ3v) is 5.90. The van der Waals surface area contributed by atoms with Crippen molar-refractivity contribution in [1.29, 1.82) is 0 Å². The van der Waals surface area contributed by atoms with Crippen LogP contribution in [0.1, 0.15) is 52.7 Å². The third-order valence-electron chi connectivity index (χ3n) is 5.90. The minimum atomic E-state index is -0.410. The smallest absolute Gasteiger partial charge is 0.262 e. The van der Waals surface area contributed by atoms with Crippen molar-refractivity contribution in [3.8, 4) is 11.1 Å². The topological polar surface area (TPSA) is 63.2 Å². The highest BCUT2D eigenvalue weighted by atomic mass is 16.2. The molecule has 0 N–H and O–H groups in total. The van der Waals surface area contributed by atoms with E-state index in [1.165, 1.54) is 4.90 Å². The first-order chi connectivity index (χ1) is 15.5. The van der Waals surface area contributed by atoms with E-state index in [9.17, 15) is 9.59 Å². The van der Waals surface area contributed by atoms with Gasteiger partial charge in [-0.25, -0.2) is 0 Å². The van der Waals surface area contributed by atoms with E-state index in [-0.39, 0.29) is 17.7 Å².